The van der Waals surface area contributed by atoms with Gasteiger partial charge in [0.05, 0.1) is 18.2 Å². The largest absolute Gasteiger partial charge is 0.469 e. The fraction of sp³-hybridized carbons (Fsp3) is 0.346. The van der Waals surface area contributed by atoms with Crippen LogP contribution in [0.3, 0.4) is 0 Å². The van der Waals surface area contributed by atoms with E-state index in [1.807, 2.05) is 0 Å². The molecule has 0 aliphatic carbocycles. The first-order valence-electron chi connectivity index (χ1n) is 11.7. The van der Waals surface area contributed by atoms with Crippen LogP contribution in [0.5, 0.6) is 0 Å². The normalized spacial score (nSPS) is 11.6. The van der Waals surface area contributed by atoms with Crippen LogP contribution < -0.4 is 5.32 Å². The van der Waals surface area contributed by atoms with E-state index in [1.165, 1.54) is 24.1 Å². The van der Waals surface area contributed by atoms with Crippen LogP contribution in [0.4, 0.5) is 15.0 Å². The van der Waals surface area contributed by atoms with Crippen molar-refractivity contribution in [3.05, 3.63) is 65.3 Å². The number of pyridine rings is 2. The number of benzene rings is 1. The lowest BCUT2D eigenvalue weighted by atomic mass is 10.1. The number of carbonyl (C=O) groups is 3. The van der Waals surface area contributed by atoms with E-state index in [2.05, 4.69) is 20.0 Å². The fourth-order valence-electron chi connectivity index (χ4n) is 3.70. The molecule has 0 fully saturated rings. The van der Waals surface area contributed by atoms with Crippen LogP contribution in [0.15, 0.2) is 48.9 Å². The highest BCUT2D eigenvalue weighted by molar-refractivity contribution is 6.31. The van der Waals surface area contributed by atoms with Crippen LogP contribution in [0.1, 0.15) is 31.2 Å². The van der Waals surface area contributed by atoms with Gasteiger partial charge in [0.1, 0.15) is 18.2 Å². The second kappa shape index (κ2) is 13.5. The maximum Gasteiger partial charge on any atom is 0.412 e. The van der Waals surface area contributed by atoms with Crippen molar-refractivity contribution in [3.8, 4) is 0 Å². The number of halogens is 2. The average molecular weight is 531 g/mol. The summed E-state index contributed by atoms with van der Waals surface area (Å²) in [4.78, 5) is 46.6. The molecule has 0 spiro atoms. The van der Waals surface area contributed by atoms with Gasteiger partial charge in [0, 0.05) is 49.3 Å². The SMILES string of the molecule is COC(=O)CCC[C@@H](COC(=O)Nc1cc2cnccc2cn1)N(C)C(=O)CCc1cccc(F)c1Cl. The van der Waals surface area contributed by atoms with Crippen molar-refractivity contribution in [3.63, 3.8) is 0 Å². The molecule has 2 amide bonds. The van der Waals surface area contributed by atoms with Gasteiger partial charge in [-0.1, -0.05) is 23.7 Å². The summed E-state index contributed by atoms with van der Waals surface area (Å²) in [5.41, 5.74) is 0.527. The van der Waals surface area contributed by atoms with E-state index in [0.717, 1.165) is 10.8 Å². The van der Waals surface area contributed by atoms with Crippen LogP contribution in [0.25, 0.3) is 10.8 Å². The lowest BCUT2D eigenvalue weighted by Crippen LogP contribution is -2.41. The molecule has 11 heteroatoms. The van der Waals surface area contributed by atoms with Gasteiger partial charge in [0.15, 0.2) is 0 Å². The van der Waals surface area contributed by atoms with E-state index in [1.54, 1.807) is 43.8 Å². The summed E-state index contributed by atoms with van der Waals surface area (Å²) in [5, 5.41) is 4.24. The van der Waals surface area contributed by atoms with Gasteiger partial charge in [-0.2, -0.15) is 0 Å². The molecule has 0 radical (unpaired) electrons. The Morgan fingerprint density at radius 1 is 1.16 bits per heavy atom. The third-order valence-electron chi connectivity index (χ3n) is 5.89. The Morgan fingerprint density at radius 2 is 1.97 bits per heavy atom. The maximum absolute atomic E-state index is 13.7. The Morgan fingerprint density at radius 3 is 2.76 bits per heavy atom. The molecule has 3 rings (SSSR count). The summed E-state index contributed by atoms with van der Waals surface area (Å²) < 4.78 is 23.8. The molecule has 1 N–H and O–H groups in total. The van der Waals surface area contributed by atoms with E-state index in [0.29, 0.717) is 24.2 Å². The van der Waals surface area contributed by atoms with Crippen molar-refractivity contribution in [2.24, 2.45) is 0 Å². The second-order valence-electron chi connectivity index (χ2n) is 8.36. The Kier molecular flexibility index (Phi) is 10.1. The zero-order valence-corrected chi connectivity index (χ0v) is 21.3. The first-order valence-corrected chi connectivity index (χ1v) is 12.0. The number of likely N-dealkylation sites (N-methyl/N-ethyl adjacent to an activating group) is 1. The monoisotopic (exact) mass is 530 g/mol. The average Bonchev–Trinajstić information content (AvgIpc) is 2.90. The summed E-state index contributed by atoms with van der Waals surface area (Å²) in [6.07, 6.45) is 5.49. The molecule has 0 aliphatic rings. The van der Waals surface area contributed by atoms with Crippen molar-refractivity contribution in [1.82, 2.24) is 14.9 Å². The Bertz CT molecular complexity index is 1260. The van der Waals surface area contributed by atoms with Crippen LogP contribution >= 0.6 is 11.6 Å². The van der Waals surface area contributed by atoms with E-state index in [9.17, 15) is 18.8 Å². The number of rotatable bonds is 11. The van der Waals surface area contributed by atoms with Gasteiger partial charge in [-0.05, 0) is 43.0 Å². The number of aryl methyl sites for hydroxylation is 1. The predicted molar refractivity (Wildman–Crippen MR) is 137 cm³/mol. The van der Waals surface area contributed by atoms with Crippen LogP contribution in [-0.4, -0.2) is 59.6 Å². The number of fused-ring (bicyclic) bond motifs is 1. The quantitative estimate of drug-likeness (QED) is 0.355. The minimum atomic E-state index is -0.735. The highest BCUT2D eigenvalue weighted by atomic mass is 35.5. The number of anilines is 1. The van der Waals surface area contributed by atoms with Gasteiger partial charge in [-0.3, -0.25) is 19.9 Å². The molecule has 3 aromatic rings. The number of hydrogen-bond donors (Lipinski definition) is 1. The maximum atomic E-state index is 13.7. The van der Waals surface area contributed by atoms with Crippen LogP contribution in [-0.2, 0) is 25.5 Å². The molecule has 1 atom stereocenters. The Labute approximate surface area is 218 Å². The number of carbonyl (C=O) groups excluding carboxylic acids is 3. The van der Waals surface area contributed by atoms with E-state index >= 15 is 0 Å². The van der Waals surface area contributed by atoms with Crippen molar-refractivity contribution in [1.29, 1.82) is 0 Å². The molecule has 0 bridgehead atoms. The van der Waals surface area contributed by atoms with E-state index < -0.39 is 18.0 Å². The molecule has 2 heterocycles. The van der Waals surface area contributed by atoms with E-state index in [-0.39, 0.29) is 42.8 Å². The second-order valence-corrected chi connectivity index (χ2v) is 8.73. The lowest BCUT2D eigenvalue weighted by molar-refractivity contribution is -0.140. The third kappa shape index (κ3) is 8.11. The minimum Gasteiger partial charge on any atom is -0.469 e. The number of hydrogen-bond acceptors (Lipinski definition) is 7. The first kappa shape index (κ1) is 27.8. The minimum absolute atomic E-state index is 0.00864. The molecule has 2 aromatic heterocycles. The van der Waals surface area contributed by atoms with Crippen molar-refractivity contribution >= 4 is 46.2 Å². The number of amides is 2. The van der Waals surface area contributed by atoms with Gasteiger partial charge >= 0.3 is 12.1 Å². The third-order valence-corrected chi connectivity index (χ3v) is 6.31. The molecule has 0 aliphatic heterocycles. The fourth-order valence-corrected chi connectivity index (χ4v) is 3.92. The molecule has 9 nitrogen and oxygen atoms in total. The molecule has 37 heavy (non-hydrogen) atoms. The summed E-state index contributed by atoms with van der Waals surface area (Å²) in [7, 11) is 2.90. The molecular formula is C26H28ClFN4O5. The Hall–Kier alpha value is -3.79. The lowest BCUT2D eigenvalue weighted by Gasteiger charge is -2.28. The van der Waals surface area contributed by atoms with Gasteiger partial charge in [-0.25, -0.2) is 14.2 Å². The topological polar surface area (TPSA) is 111 Å². The van der Waals surface area contributed by atoms with Gasteiger partial charge in [0.25, 0.3) is 0 Å². The highest BCUT2D eigenvalue weighted by Crippen LogP contribution is 2.22. The predicted octanol–water partition coefficient (Wildman–Crippen LogP) is 4.77. The standard InChI is InChI=1S/C26H28ClFN4O5/c1-32(23(33)10-9-17-5-3-7-21(28)25(17)27)20(6-4-8-24(34)36-2)16-37-26(35)31-22-13-19-14-29-12-11-18(19)15-30-22/h3,5,7,11-15,20H,4,6,8-10,16H2,1-2H3,(H,30,31,35)/t20-/m0/s1. The summed E-state index contributed by atoms with van der Waals surface area (Å²) in [6, 6.07) is 7.43. The molecule has 196 valence electrons. The molecule has 0 saturated heterocycles. The van der Waals surface area contributed by atoms with Crippen LogP contribution in [0.2, 0.25) is 5.02 Å². The highest BCUT2D eigenvalue weighted by Gasteiger charge is 2.22. The summed E-state index contributed by atoms with van der Waals surface area (Å²) >= 11 is 6.00. The zero-order valence-electron chi connectivity index (χ0n) is 20.6. The molecule has 0 unspecified atom stereocenters. The van der Waals surface area contributed by atoms with Crippen LogP contribution in [0, 0.1) is 5.82 Å². The van der Waals surface area contributed by atoms with Crippen molar-refractivity contribution in [2.45, 2.75) is 38.1 Å². The Balaban J connectivity index is 1.60. The van der Waals surface area contributed by atoms with Crippen molar-refractivity contribution in [2.75, 3.05) is 26.1 Å². The van der Waals surface area contributed by atoms with Gasteiger partial charge < -0.3 is 14.4 Å². The first-order chi connectivity index (χ1) is 17.8. The van der Waals surface area contributed by atoms with Gasteiger partial charge in [0.2, 0.25) is 5.91 Å². The molecule has 0 saturated carbocycles. The van der Waals surface area contributed by atoms with E-state index in [4.69, 9.17) is 16.3 Å². The molecular weight excluding hydrogens is 503 g/mol. The van der Waals surface area contributed by atoms with Gasteiger partial charge in [-0.15, -0.1) is 0 Å². The number of nitrogens with zero attached hydrogens (tertiary/aromatic N) is 3. The number of ether oxygens (including phenoxy) is 2. The zero-order chi connectivity index (χ0) is 26.8. The molecule has 1 aromatic carbocycles. The number of methoxy groups -OCH3 is 1. The summed E-state index contributed by atoms with van der Waals surface area (Å²) in [5.74, 6) is -0.860. The number of nitrogens with one attached hydrogen (secondary N) is 1. The smallest absolute Gasteiger partial charge is 0.412 e. The van der Waals surface area contributed by atoms with Crippen molar-refractivity contribution < 1.29 is 28.2 Å². The number of aromatic nitrogens is 2. The number of esters is 1. The summed E-state index contributed by atoms with van der Waals surface area (Å²) in [6.45, 7) is -0.106.